The number of hydrogen-bond donors (Lipinski definition) is 2. The maximum atomic E-state index is 14.1. The van der Waals surface area contributed by atoms with Crippen molar-refractivity contribution in [3.05, 3.63) is 35.7 Å². The maximum Gasteiger partial charge on any atom is 0.229 e. The number of aliphatic hydroxyl groups is 1. The molecule has 174 valence electrons. The molecule has 0 bridgehead atoms. The molecule has 0 aliphatic carbocycles. The van der Waals surface area contributed by atoms with Crippen LogP contribution in [0.15, 0.2) is 23.5 Å². The van der Waals surface area contributed by atoms with Gasteiger partial charge in [0.25, 0.3) is 0 Å². The first-order chi connectivity index (χ1) is 16.1. The summed E-state index contributed by atoms with van der Waals surface area (Å²) in [6.45, 7) is 4.05. The molecular weight excluding hydrogens is 428 g/mol. The fraction of sp³-hybridized carbons (Fsp3) is 0.478. The molecular formula is C23H27F2N7O. The first-order valence-corrected chi connectivity index (χ1v) is 11.5. The molecule has 2 aliphatic heterocycles. The number of anilines is 2. The fourth-order valence-corrected chi connectivity index (χ4v) is 4.69. The van der Waals surface area contributed by atoms with Crippen LogP contribution in [-0.2, 0) is 13.0 Å². The third-order valence-electron chi connectivity index (χ3n) is 6.43. The zero-order chi connectivity index (χ0) is 22.9. The van der Waals surface area contributed by atoms with Crippen LogP contribution in [0.3, 0.4) is 0 Å². The predicted octanol–water partition coefficient (Wildman–Crippen LogP) is 3.61. The van der Waals surface area contributed by atoms with Gasteiger partial charge in [0.15, 0.2) is 28.6 Å². The second-order valence-corrected chi connectivity index (χ2v) is 8.50. The molecule has 2 aliphatic rings. The van der Waals surface area contributed by atoms with E-state index in [1.807, 2.05) is 11.5 Å². The number of imidazole rings is 1. The van der Waals surface area contributed by atoms with E-state index in [1.54, 1.807) is 6.33 Å². The summed E-state index contributed by atoms with van der Waals surface area (Å²) >= 11 is 0. The lowest BCUT2D eigenvalue weighted by Crippen LogP contribution is -2.41. The van der Waals surface area contributed by atoms with E-state index < -0.39 is 11.6 Å². The molecule has 4 heterocycles. The number of aliphatic hydroxyl groups excluding tert-OH is 1. The number of hydrogen-bond acceptors (Lipinski definition) is 7. The van der Waals surface area contributed by atoms with Gasteiger partial charge in [-0.1, -0.05) is 0 Å². The third kappa shape index (κ3) is 4.03. The van der Waals surface area contributed by atoms with Crippen molar-refractivity contribution < 1.29 is 13.9 Å². The fourth-order valence-electron chi connectivity index (χ4n) is 4.69. The Kier molecular flexibility index (Phi) is 5.92. The Morgan fingerprint density at radius 3 is 2.91 bits per heavy atom. The quantitative estimate of drug-likeness (QED) is 0.566. The largest absolute Gasteiger partial charge is 0.396 e. The second kappa shape index (κ2) is 9.01. The number of piperidine rings is 1. The molecule has 0 radical (unpaired) electrons. The van der Waals surface area contributed by atoms with Gasteiger partial charge in [-0.05, 0) is 44.7 Å². The molecule has 2 aromatic heterocycles. The number of halogens is 2. The van der Waals surface area contributed by atoms with E-state index in [0.29, 0.717) is 41.6 Å². The Morgan fingerprint density at radius 1 is 1.21 bits per heavy atom. The number of nitrogens with zero attached hydrogens (tertiary/aromatic N) is 6. The number of benzene rings is 1. The van der Waals surface area contributed by atoms with E-state index in [-0.39, 0.29) is 24.6 Å². The molecule has 5 rings (SSSR count). The molecule has 1 saturated heterocycles. The zero-order valence-electron chi connectivity index (χ0n) is 18.6. The van der Waals surface area contributed by atoms with Crippen LogP contribution in [0.5, 0.6) is 0 Å². The number of aromatic nitrogens is 4. The monoisotopic (exact) mass is 455 g/mol. The average molecular weight is 456 g/mol. The molecule has 0 saturated carbocycles. The van der Waals surface area contributed by atoms with Crippen LogP contribution < -0.4 is 10.2 Å². The second-order valence-electron chi connectivity index (χ2n) is 8.50. The Balaban J connectivity index is 1.44. The van der Waals surface area contributed by atoms with Gasteiger partial charge < -0.3 is 19.9 Å². The van der Waals surface area contributed by atoms with Crippen LogP contribution in [0, 0.1) is 11.6 Å². The molecule has 0 unspecified atom stereocenters. The summed E-state index contributed by atoms with van der Waals surface area (Å²) in [5.41, 5.74) is 2.85. The lowest BCUT2D eigenvalue weighted by Gasteiger charge is -2.35. The van der Waals surface area contributed by atoms with Crippen molar-refractivity contribution in [3.8, 4) is 0 Å². The van der Waals surface area contributed by atoms with Gasteiger partial charge in [-0.3, -0.25) is 4.99 Å². The predicted molar refractivity (Wildman–Crippen MR) is 123 cm³/mol. The van der Waals surface area contributed by atoms with Gasteiger partial charge in [-0.2, -0.15) is 9.97 Å². The number of rotatable bonds is 7. The standard InChI is InChI=1S/C23H27F2N7O/c1-2-31-13-27-20-21(26-12-14-11-16-18(28-14)7-6-17(24)19(16)25)29-23(30-22(20)31)32-9-4-3-5-15(32)8-10-33/h6-7,13,15,33H,2-5,8-12H2,1H3,(H,26,29,30)/t15-/m0/s1. The van der Waals surface area contributed by atoms with Crippen LogP contribution in [0.4, 0.5) is 26.2 Å². The maximum absolute atomic E-state index is 14.1. The number of fused-ring (bicyclic) bond motifs is 2. The topological polar surface area (TPSA) is 91.5 Å². The van der Waals surface area contributed by atoms with Crippen LogP contribution in [0.25, 0.3) is 11.2 Å². The highest BCUT2D eigenvalue weighted by Crippen LogP contribution is 2.31. The molecule has 3 aromatic rings. The van der Waals surface area contributed by atoms with E-state index in [4.69, 9.17) is 9.97 Å². The lowest BCUT2D eigenvalue weighted by molar-refractivity contribution is 0.262. The number of nitrogens with one attached hydrogen (secondary N) is 1. The number of aryl methyl sites for hydroxylation is 1. The first kappa shape index (κ1) is 21.7. The summed E-state index contributed by atoms with van der Waals surface area (Å²) in [6.07, 6.45) is 5.84. The lowest BCUT2D eigenvalue weighted by atomic mass is 10.0. The van der Waals surface area contributed by atoms with E-state index in [1.165, 1.54) is 6.07 Å². The van der Waals surface area contributed by atoms with Crippen molar-refractivity contribution in [3.63, 3.8) is 0 Å². The third-order valence-corrected chi connectivity index (χ3v) is 6.43. The van der Waals surface area contributed by atoms with Gasteiger partial charge in [0.1, 0.15) is 0 Å². The normalized spacial score (nSPS) is 18.0. The van der Waals surface area contributed by atoms with Crippen LogP contribution in [-0.4, -0.2) is 56.1 Å². The molecule has 1 fully saturated rings. The molecule has 0 spiro atoms. The smallest absolute Gasteiger partial charge is 0.229 e. The van der Waals surface area contributed by atoms with Crippen molar-refractivity contribution in [2.75, 3.05) is 29.9 Å². The molecule has 1 atom stereocenters. The summed E-state index contributed by atoms with van der Waals surface area (Å²) < 4.78 is 29.7. The highest BCUT2D eigenvalue weighted by molar-refractivity contribution is 5.97. The summed E-state index contributed by atoms with van der Waals surface area (Å²) in [6, 6.07) is 2.80. The Hall–Kier alpha value is -3.14. The highest BCUT2D eigenvalue weighted by Gasteiger charge is 2.27. The van der Waals surface area contributed by atoms with E-state index in [9.17, 15) is 13.9 Å². The van der Waals surface area contributed by atoms with Crippen LogP contribution >= 0.6 is 0 Å². The average Bonchev–Trinajstić information content (AvgIpc) is 3.44. The van der Waals surface area contributed by atoms with Crippen molar-refractivity contribution in [2.24, 2.45) is 4.99 Å². The van der Waals surface area contributed by atoms with Gasteiger partial charge in [0, 0.05) is 43.4 Å². The molecule has 10 heteroatoms. The van der Waals surface area contributed by atoms with Gasteiger partial charge >= 0.3 is 0 Å². The van der Waals surface area contributed by atoms with Gasteiger partial charge in [-0.15, -0.1) is 0 Å². The summed E-state index contributed by atoms with van der Waals surface area (Å²) in [5.74, 6) is -0.493. The summed E-state index contributed by atoms with van der Waals surface area (Å²) in [5, 5.41) is 12.8. The van der Waals surface area contributed by atoms with Gasteiger partial charge in [0.05, 0.1) is 18.6 Å². The Morgan fingerprint density at radius 2 is 2.09 bits per heavy atom. The summed E-state index contributed by atoms with van der Waals surface area (Å²) in [7, 11) is 0. The number of aliphatic imine (C=N–C) groups is 1. The zero-order valence-corrected chi connectivity index (χ0v) is 18.6. The first-order valence-electron chi connectivity index (χ1n) is 11.5. The van der Waals surface area contributed by atoms with E-state index in [2.05, 4.69) is 20.2 Å². The van der Waals surface area contributed by atoms with Crippen LogP contribution in [0.1, 0.15) is 38.2 Å². The van der Waals surface area contributed by atoms with Crippen molar-refractivity contribution in [1.29, 1.82) is 0 Å². The minimum atomic E-state index is -0.857. The summed E-state index contributed by atoms with van der Waals surface area (Å²) in [4.78, 5) is 20.8. The minimum absolute atomic E-state index is 0.124. The van der Waals surface area contributed by atoms with Crippen molar-refractivity contribution in [1.82, 2.24) is 19.5 Å². The molecule has 1 aromatic carbocycles. The van der Waals surface area contributed by atoms with Gasteiger partial charge in [0.2, 0.25) is 5.95 Å². The molecule has 33 heavy (non-hydrogen) atoms. The Bertz CT molecular complexity index is 1210. The molecule has 0 amide bonds. The van der Waals surface area contributed by atoms with Crippen molar-refractivity contribution in [2.45, 2.75) is 51.6 Å². The van der Waals surface area contributed by atoms with E-state index in [0.717, 1.165) is 44.1 Å². The molecule has 2 N–H and O–H groups in total. The minimum Gasteiger partial charge on any atom is -0.396 e. The Labute approximate surface area is 190 Å². The highest BCUT2D eigenvalue weighted by atomic mass is 19.2. The van der Waals surface area contributed by atoms with Crippen molar-refractivity contribution >= 4 is 34.3 Å². The molecule has 8 nitrogen and oxygen atoms in total. The van der Waals surface area contributed by atoms with Crippen LogP contribution in [0.2, 0.25) is 0 Å². The van der Waals surface area contributed by atoms with Gasteiger partial charge in [-0.25, -0.2) is 13.8 Å². The SMILES string of the molecule is CCn1cnc2c(NCC3=Nc4ccc(F)c(F)c4C3)nc(N3CCCC[C@H]3CCO)nc21. The van der Waals surface area contributed by atoms with E-state index >= 15 is 0 Å².